The van der Waals surface area contributed by atoms with Crippen LogP contribution in [-0.2, 0) is 6.42 Å². The lowest BCUT2D eigenvalue weighted by molar-refractivity contribution is -0.909. The molecule has 41 heavy (non-hydrogen) atoms. The number of H-pyrrole nitrogens is 1. The summed E-state index contributed by atoms with van der Waals surface area (Å²) in [6.45, 7) is 0. The molecule has 0 saturated heterocycles. The van der Waals surface area contributed by atoms with E-state index in [4.69, 9.17) is 11.6 Å². The van der Waals surface area contributed by atoms with Crippen LogP contribution in [-0.4, -0.2) is 46.5 Å². The van der Waals surface area contributed by atoms with Crippen LogP contribution in [0.25, 0.3) is 28.1 Å². The summed E-state index contributed by atoms with van der Waals surface area (Å²) in [6, 6.07) is 25.7. The number of nitrogens with zero attached hydrogens (tertiary/aromatic N) is 6. The van der Waals surface area contributed by atoms with Crippen molar-refractivity contribution < 1.29 is 19.8 Å². The molecule has 3 N–H and O–H groups in total. The molecule has 3 heterocycles. The minimum atomic E-state index is -0.983. The van der Waals surface area contributed by atoms with Gasteiger partial charge >= 0.3 is 5.97 Å². The monoisotopic (exact) mass is 564 g/mol. The van der Waals surface area contributed by atoms with Crippen LogP contribution >= 0.6 is 11.6 Å². The summed E-state index contributed by atoms with van der Waals surface area (Å²) in [5.41, 5.74) is 5.59. The lowest BCUT2D eigenvalue weighted by atomic mass is 9.94. The number of carbonyl (C=O) groups is 1. The summed E-state index contributed by atoms with van der Waals surface area (Å²) in [5.74, 6) is -0.663. The molecule has 0 radical (unpaired) electrons. The van der Waals surface area contributed by atoms with Crippen molar-refractivity contribution >= 4 is 17.6 Å². The third kappa shape index (κ3) is 5.41. The maximum absolute atomic E-state index is 11.3. The van der Waals surface area contributed by atoms with Gasteiger partial charge in [-0.1, -0.05) is 54.1 Å². The molecule has 0 amide bonds. The Morgan fingerprint density at radius 3 is 2.49 bits per heavy atom. The number of hydrogen-bond donors (Lipinski definition) is 3. The Hall–Kier alpha value is -5.35. The molecular formula is C30H23ClN7O3+. The molecule has 6 aromatic rings. The first-order valence-corrected chi connectivity index (χ1v) is 13.0. The van der Waals surface area contributed by atoms with E-state index in [1.165, 1.54) is 11.0 Å². The van der Waals surface area contributed by atoms with E-state index in [-0.39, 0.29) is 11.5 Å². The molecule has 0 fully saturated rings. The van der Waals surface area contributed by atoms with Crippen molar-refractivity contribution in [3.63, 3.8) is 0 Å². The van der Waals surface area contributed by atoms with Crippen molar-refractivity contribution in [2.24, 2.45) is 0 Å². The van der Waals surface area contributed by atoms with E-state index in [2.05, 4.69) is 25.5 Å². The molecule has 3 aromatic carbocycles. The molecule has 0 aliphatic carbocycles. The smallest absolute Gasteiger partial charge is 0.335 e. The largest absolute Gasteiger partial charge is 0.478 e. The topological polar surface area (TPSA) is 134 Å². The molecule has 6 rings (SSSR count). The molecule has 10 nitrogen and oxygen atoms in total. The predicted octanol–water partition coefficient (Wildman–Crippen LogP) is 4.97. The first-order chi connectivity index (χ1) is 20.0. The standard InChI is InChI=1S/C30H22ClN7O3/c31-23-11-13-27(37-18-33-35-36-37)24(15-23)22-10-12-28(38(41)17-22)25(14-19-4-2-1-3-5-19)29-32-16-26(34-29)20-6-8-21(9-7-20)30(39)40/h1-13,15-18,25H,14H2,(H2-,32,34,39,40,41)/p+1. The number of nitrogens with one attached hydrogen (secondary N) is 1. The molecular weight excluding hydrogens is 542 g/mol. The van der Waals surface area contributed by atoms with Crippen molar-refractivity contribution in [1.82, 2.24) is 30.2 Å². The maximum atomic E-state index is 11.3. The number of rotatable bonds is 8. The molecule has 11 heteroatoms. The Morgan fingerprint density at radius 2 is 1.78 bits per heavy atom. The van der Waals surface area contributed by atoms with Gasteiger partial charge in [0.05, 0.1) is 28.7 Å². The van der Waals surface area contributed by atoms with Gasteiger partial charge in [-0.15, -0.1) is 5.10 Å². The summed E-state index contributed by atoms with van der Waals surface area (Å²) in [4.78, 5) is 19.3. The summed E-state index contributed by atoms with van der Waals surface area (Å²) >= 11 is 6.33. The van der Waals surface area contributed by atoms with Crippen molar-refractivity contribution in [3.05, 3.63) is 131 Å². The summed E-state index contributed by atoms with van der Waals surface area (Å²) in [5, 5.41) is 32.5. The van der Waals surface area contributed by atoms with E-state index in [1.807, 2.05) is 48.5 Å². The number of carboxylic acids is 1. The summed E-state index contributed by atoms with van der Waals surface area (Å²) < 4.78 is 2.64. The maximum Gasteiger partial charge on any atom is 0.335 e. The normalized spacial score (nSPS) is 11.8. The molecule has 1 unspecified atom stereocenters. The fourth-order valence-corrected chi connectivity index (χ4v) is 4.96. The van der Waals surface area contributed by atoms with Gasteiger partial charge in [0, 0.05) is 21.4 Å². The van der Waals surface area contributed by atoms with Gasteiger partial charge in [-0.2, -0.15) is 4.68 Å². The van der Waals surface area contributed by atoms with Gasteiger partial charge in [0.2, 0.25) is 11.9 Å². The van der Waals surface area contributed by atoms with Crippen LogP contribution in [0.3, 0.4) is 0 Å². The first kappa shape index (κ1) is 25.9. The van der Waals surface area contributed by atoms with Crippen molar-refractivity contribution in [2.45, 2.75) is 12.3 Å². The zero-order valence-electron chi connectivity index (χ0n) is 21.5. The average Bonchev–Trinajstić information content (AvgIpc) is 3.70. The third-order valence-corrected chi connectivity index (χ3v) is 7.07. The molecule has 0 aliphatic rings. The molecule has 0 saturated carbocycles. The third-order valence-electron chi connectivity index (χ3n) is 6.83. The van der Waals surface area contributed by atoms with Gasteiger partial charge in [-0.3, -0.25) is 5.21 Å². The quantitative estimate of drug-likeness (QED) is 0.175. The second kappa shape index (κ2) is 11.0. The fourth-order valence-electron chi connectivity index (χ4n) is 4.79. The van der Waals surface area contributed by atoms with Crippen molar-refractivity contribution in [1.29, 1.82) is 0 Å². The highest BCUT2D eigenvalue weighted by Crippen LogP contribution is 2.31. The Bertz CT molecular complexity index is 1820. The molecule has 3 aromatic heterocycles. The van der Waals surface area contributed by atoms with E-state index in [0.717, 1.165) is 27.1 Å². The van der Waals surface area contributed by atoms with E-state index < -0.39 is 5.97 Å². The number of benzene rings is 3. The van der Waals surface area contributed by atoms with Crippen LogP contribution in [0.4, 0.5) is 0 Å². The number of aromatic amines is 1. The lowest BCUT2D eigenvalue weighted by Crippen LogP contribution is -2.37. The minimum Gasteiger partial charge on any atom is -0.478 e. The lowest BCUT2D eigenvalue weighted by Gasteiger charge is -2.13. The van der Waals surface area contributed by atoms with E-state index >= 15 is 0 Å². The minimum absolute atomic E-state index is 0.208. The SMILES string of the molecule is O=C(O)c1ccc(-c2cnc(C(Cc3ccccc3)c3ccc(-c4cc(Cl)ccc4-n4cnnn4)c[n+]3O)[nH]2)cc1. The fraction of sp³-hybridized carbons (Fsp3) is 0.0667. The van der Waals surface area contributed by atoms with Gasteiger partial charge < -0.3 is 10.1 Å². The van der Waals surface area contributed by atoms with Gasteiger partial charge in [-0.05, 0) is 64.4 Å². The number of carboxylic acid groups (broad SMARTS) is 1. The van der Waals surface area contributed by atoms with Crippen molar-refractivity contribution in [3.8, 4) is 28.1 Å². The van der Waals surface area contributed by atoms with Crippen LogP contribution < -0.4 is 4.73 Å². The highest BCUT2D eigenvalue weighted by Gasteiger charge is 2.29. The van der Waals surface area contributed by atoms with Crippen LogP contribution in [0, 0.1) is 0 Å². The average molecular weight is 565 g/mol. The zero-order chi connectivity index (χ0) is 28.3. The molecule has 202 valence electrons. The second-order valence-electron chi connectivity index (χ2n) is 9.41. The summed E-state index contributed by atoms with van der Waals surface area (Å²) in [7, 11) is 0. The number of halogens is 1. The van der Waals surface area contributed by atoms with E-state index in [0.29, 0.717) is 34.2 Å². The molecule has 0 aliphatic heterocycles. The van der Waals surface area contributed by atoms with Gasteiger partial charge in [0.1, 0.15) is 18.1 Å². The highest BCUT2D eigenvalue weighted by atomic mass is 35.5. The number of tetrazole rings is 1. The summed E-state index contributed by atoms with van der Waals surface area (Å²) in [6.07, 6.45) is 5.40. The molecule has 0 bridgehead atoms. The van der Waals surface area contributed by atoms with E-state index in [9.17, 15) is 15.1 Å². The van der Waals surface area contributed by atoms with Crippen LogP contribution in [0.2, 0.25) is 5.02 Å². The second-order valence-corrected chi connectivity index (χ2v) is 9.85. The number of imidazole rings is 1. The number of aromatic carboxylic acids is 1. The predicted molar refractivity (Wildman–Crippen MR) is 150 cm³/mol. The number of aromatic nitrogens is 7. The number of pyridine rings is 1. The van der Waals surface area contributed by atoms with Crippen LogP contribution in [0.15, 0.2) is 104 Å². The Labute approximate surface area is 239 Å². The Morgan fingerprint density at radius 1 is 1.00 bits per heavy atom. The number of hydrogen-bond acceptors (Lipinski definition) is 6. The molecule has 0 spiro atoms. The molecule has 1 atom stereocenters. The van der Waals surface area contributed by atoms with Gasteiger partial charge in [0.25, 0.3) is 0 Å². The van der Waals surface area contributed by atoms with E-state index in [1.54, 1.807) is 48.8 Å². The zero-order valence-corrected chi connectivity index (χ0v) is 22.2. The van der Waals surface area contributed by atoms with Crippen LogP contribution in [0.1, 0.15) is 33.4 Å². The van der Waals surface area contributed by atoms with Gasteiger partial charge in [-0.25, -0.2) is 9.78 Å². The Kier molecular flexibility index (Phi) is 6.97. The highest BCUT2D eigenvalue weighted by molar-refractivity contribution is 6.31. The van der Waals surface area contributed by atoms with Crippen LogP contribution in [0.5, 0.6) is 0 Å². The van der Waals surface area contributed by atoms with Crippen molar-refractivity contribution in [2.75, 3.05) is 0 Å². The van der Waals surface area contributed by atoms with Gasteiger partial charge in [0.15, 0.2) is 0 Å². The first-order valence-electron chi connectivity index (χ1n) is 12.7. The Balaban J connectivity index is 1.39.